The summed E-state index contributed by atoms with van der Waals surface area (Å²) in [6.07, 6.45) is -9.65. The summed E-state index contributed by atoms with van der Waals surface area (Å²) in [7, 11) is 4.82. The van der Waals surface area contributed by atoms with E-state index in [4.69, 9.17) is 90.4 Å². The molecule has 0 spiro atoms. The number of rotatable bonds is 23. The molecule has 4 N–H and O–H groups in total. The van der Waals surface area contributed by atoms with Crippen LogP contribution in [0.25, 0.3) is 0 Å². The molecule has 29 heteroatoms. The van der Waals surface area contributed by atoms with Crippen LogP contribution in [0.3, 0.4) is 0 Å². The SMILES string of the molecule is COc1ccc(CO[C@@H]2OC(CO)[C@@H](O)C(O)C2C)cc1.COc1ccc(CO[C@@H]2OC(COC(C)=O)[C@@H](OC(C)=O)C(OC(C)=O)C2C)cc1.COc1ccc(CO[C@@H]2OC3(C)COC(c4ccccc4)O[C@H]3C(O)C2C)cc1.CS[C@@H]1OC(COC(C)=O)[C@@H](OC(C)=O)C(OC(C)=O)C1C. The summed E-state index contributed by atoms with van der Waals surface area (Å²) in [4.78, 5) is 68.3. The first-order valence-electron chi connectivity index (χ1n) is 33.4. The molecule has 0 amide bonds. The number of methoxy groups -OCH3 is 3. The van der Waals surface area contributed by atoms with Crippen molar-refractivity contribution in [3.8, 4) is 17.2 Å². The molecule has 102 heavy (non-hydrogen) atoms. The maximum absolute atomic E-state index is 11.7. The number of benzene rings is 4. The summed E-state index contributed by atoms with van der Waals surface area (Å²) in [5, 5.41) is 39.9. The molecule has 5 fully saturated rings. The third-order valence-corrected chi connectivity index (χ3v) is 18.3. The van der Waals surface area contributed by atoms with Crippen LogP contribution in [-0.2, 0) is 120 Å². The van der Waals surface area contributed by atoms with E-state index in [1.165, 1.54) is 53.3 Å². The molecule has 13 unspecified atom stereocenters. The monoisotopic (exact) mass is 1460 g/mol. The molecule has 0 saturated carbocycles. The number of carbonyl (C=O) groups is 6. The van der Waals surface area contributed by atoms with Gasteiger partial charge in [-0.25, -0.2) is 0 Å². The van der Waals surface area contributed by atoms with Crippen LogP contribution in [0.4, 0.5) is 0 Å². The molecule has 5 aliphatic rings. The van der Waals surface area contributed by atoms with Gasteiger partial charge in [0, 0.05) is 70.8 Å². The minimum atomic E-state index is -1.11. The number of thioether (sulfide) groups is 1. The van der Waals surface area contributed by atoms with Crippen LogP contribution in [-0.4, -0.2) is 207 Å². The highest BCUT2D eigenvalue weighted by atomic mass is 32.2. The summed E-state index contributed by atoms with van der Waals surface area (Å²) < 4.78 is 100. The number of aliphatic hydroxyl groups excluding tert-OH is 4. The van der Waals surface area contributed by atoms with E-state index in [1.807, 2.05) is 130 Å². The van der Waals surface area contributed by atoms with Crippen molar-refractivity contribution in [2.24, 2.45) is 23.7 Å². The number of fused-ring (bicyclic) bond motifs is 1. The molecule has 4 aromatic carbocycles. The zero-order valence-electron chi connectivity index (χ0n) is 60.3. The highest BCUT2D eigenvalue weighted by Gasteiger charge is 2.56. The first-order chi connectivity index (χ1) is 48.5. The average molecular weight is 1460 g/mol. The van der Waals surface area contributed by atoms with E-state index < -0.39 is 140 Å². The number of esters is 6. The fourth-order valence-electron chi connectivity index (χ4n) is 11.7. The molecule has 5 aliphatic heterocycles. The van der Waals surface area contributed by atoms with E-state index in [0.717, 1.165) is 39.5 Å². The van der Waals surface area contributed by atoms with Gasteiger partial charge in [0.05, 0.1) is 66.6 Å². The number of aliphatic hydroxyl groups is 4. The van der Waals surface area contributed by atoms with E-state index in [-0.39, 0.29) is 49.6 Å². The Balaban J connectivity index is 0.000000216. The fraction of sp³-hybridized carbons (Fsp3) is 0.589. The average Bonchev–Trinajstić information content (AvgIpc) is 0.758. The van der Waals surface area contributed by atoms with Crippen molar-refractivity contribution in [2.75, 3.05) is 54.0 Å². The molecule has 0 aromatic heterocycles. The van der Waals surface area contributed by atoms with Crippen LogP contribution in [0.15, 0.2) is 103 Å². The van der Waals surface area contributed by atoms with Crippen molar-refractivity contribution in [3.63, 3.8) is 0 Å². The predicted molar refractivity (Wildman–Crippen MR) is 363 cm³/mol. The Morgan fingerprint density at radius 1 is 0.471 bits per heavy atom. The van der Waals surface area contributed by atoms with E-state index in [1.54, 1.807) is 35.2 Å². The maximum Gasteiger partial charge on any atom is 0.303 e. The highest BCUT2D eigenvalue weighted by Crippen LogP contribution is 2.43. The quantitative estimate of drug-likeness (QED) is 0.0435. The van der Waals surface area contributed by atoms with Crippen molar-refractivity contribution < 1.29 is 134 Å². The van der Waals surface area contributed by atoms with Crippen LogP contribution >= 0.6 is 11.8 Å². The number of ether oxygens (including phenoxy) is 18. The summed E-state index contributed by atoms with van der Waals surface area (Å²) >= 11 is 1.45. The Kier molecular flexibility index (Phi) is 33.6. The summed E-state index contributed by atoms with van der Waals surface area (Å²) in [6, 6.07) is 32.2. The van der Waals surface area contributed by atoms with Gasteiger partial charge in [0.25, 0.3) is 0 Å². The largest absolute Gasteiger partial charge is 0.497 e. The number of hydrogen-bond acceptors (Lipinski definition) is 29. The van der Waals surface area contributed by atoms with Crippen LogP contribution < -0.4 is 14.2 Å². The molecule has 21 atom stereocenters. The molecule has 0 radical (unpaired) electrons. The van der Waals surface area contributed by atoms with Gasteiger partial charge in [-0.05, 0) is 66.3 Å². The zero-order valence-corrected chi connectivity index (χ0v) is 61.1. The standard InChI is InChI=1S/C23H28O6.C21H28O9.C15H22O6.C14H22O7S/c1-15-19(24)20-23(2,14-27-22(28-20)17-7-5-4-6-8-17)29-21(15)26-13-16-9-11-18(25-3)12-10-16;1-12-19(28-14(3)23)20(29-15(4)24)18(11-26-13(2)22)30-21(12)27-10-16-6-8-17(25-5)9-7-16;1-9-13(17)14(18)12(7-16)21-15(9)20-8-10-3-5-11(19-2)6-4-10;1-7-12(19-9(3)16)13(20-10(4)17)11(6-18-8(2)15)21-14(7)22-5/h4-12,15,19-22,24H,13-14H2,1-3H3;6-9,12,18-21H,10-11H2,1-5H3;3-6,9,12-18H,7-8H2,1-2H3;7,11-14H,6H2,1-5H3/t15?,19?,20-,21+,22?,23?;12?,18?,19?,20-,21-;9?,12?,13?,14-,15-;7?,11?,12?,13-,14+/m0111/s1. The van der Waals surface area contributed by atoms with Gasteiger partial charge in [-0.2, -0.15) is 0 Å². The van der Waals surface area contributed by atoms with Crippen LogP contribution in [0, 0.1) is 23.7 Å². The van der Waals surface area contributed by atoms with E-state index >= 15 is 0 Å². The van der Waals surface area contributed by atoms with Crippen LogP contribution in [0.2, 0.25) is 0 Å². The Bertz CT molecular complexity index is 3220. The van der Waals surface area contributed by atoms with Gasteiger partial charge in [0.2, 0.25) is 0 Å². The lowest BCUT2D eigenvalue weighted by Gasteiger charge is -2.52. The molecule has 5 heterocycles. The molecule has 9 rings (SSSR count). The fourth-order valence-corrected chi connectivity index (χ4v) is 12.5. The first kappa shape index (κ1) is 83.9. The smallest absolute Gasteiger partial charge is 0.303 e. The topological polar surface area (TPSA) is 349 Å². The maximum atomic E-state index is 11.7. The second-order valence-corrected chi connectivity index (χ2v) is 26.2. The van der Waals surface area contributed by atoms with E-state index in [2.05, 4.69) is 0 Å². The van der Waals surface area contributed by atoms with Crippen LogP contribution in [0.1, 0.15) is 105 Å². The van der Waals surface area contributed by atoms with Crippen molar-refractivity contribution in [1.29, 1.82) is 0 Å². The van der Waals surface area contributed by atoms with Gasteiger partial charge in [-0.15, -0.1) is 11.8 Å². The van der Waals surface area contributed by atoms with E-state index in [0.29, 0.717) is 19.8 Å². The molecule has 0 aliphatic carbocycles. The third-order valence-electron chi connectivity index (χ3n) is 17.3. The Morgan fingerprint density at radius 2 is 0.863 bits per heavy atom. The Labute approximate surface area is 599 Å². The predicted octanol–water partition coefficient (Wildman–Crippen LogP) is 6.86. The lowest BCUT2D eigenvalue weighted by atomic mass is 9.84. The molecular weight excluding hydrogens is 1360 g/mol. The second kappa shape index (κ2) is 40.8. The van der Waals surface area contributed by atoms with Gasteiger partial charge in [0.15, 0.2) is 37.4 Å². The van der Waals surface area contributed by atoms with E-state index in [9.17, 15) is 44.1 Å². The molecular formula is C73H100O28S. The van der Waals surface area contributed by atoms with Gasteiger partial charge in [0.1, 0.15) is 84.2 Å². The number of carbonyl (C=O) groups excluding carboxylic acids is 6. The van der Waals surface area contributed by atoms with Crippen molar-refractivity contribution >= 4 is 47.6 Å². The first-order valence-corrected chi connectivity index (χ1v) is 34.7. The normalized spacial score (nSPS) is 30.9. The van der Waals surface area contributed by atoms with Crippen molar-refractivity contribution in [1.82, 2.24) is 0 Å². The van der Waals surface area contributed by atoms with Crippen LogP contribution in [0.5, 0.6) is 17.2 Å². The minimum Gasteiger partial charge on any atom is -0.497 e. The Hall–Kier alpha value is -7.07. The molecule has 566 valence electrons. The summed E-state index contributed by atoms with van der Waals surface area (Å²) in [5.41, 5.74) is 2.69. The lowest BCUT2D eigenvalue weighted by molar-refractivity contribution is -0.386. The number of hydrogen-bond donors (Lipinski definition) is 4. The van der Waals surface area contributed by atoms with Gasteiger partial charge >= 0.3 is 35.8 Å². The summed E-state index contributed by atoms with van der Waals surface area (Å²) in [6.45, 7) is 17.4. The highest BCUT2D eigenvalue weighted by molar-refractivity contribution is 7.99. The third kappa shape index (κ3) is 24.5. The molecule has 28 nitrogen and oxygen atoms in total. The molecule has 4 aromatic rings. The van der Waals surface area contributed by atoms with Crippen molar-refractivity contribution in [3.05, 3.63) is 125 Å². The Morgan fingerprint density at radius 3 is 1.27 bits per heavy atom. The lowest BCUT2D eigenvalue weighted by Crippen LogP contribution is -2.65. The molecule has 5 saturated heterocycles. The summed E-state index contributed by atoms with van der Waals surface area (Å²) in [5.74, 6) is -2.07. The zero-order chi connectivity index (χ0) is 75.0. The van der Waals surface area contributed by atoms with Gasteiger partial charge < -0.3 is 106 Å². The molecule has 0 bridgehead atoms. The van der Waals surface area contributed by atoms with Gasteiger partial charge in [-0.3, -0.25) is 28.8 Å². The van der Waals surface area contributed by atoms with Crippen molar-refractivity contribution in [2.45, 2.75) is 199 Å². The second-order valence-electron chi connectivity index (χ2n) is 25.2. The minimum absolute atomic E-state index is 0.0746. The van der Waals surface area contributed by atoms with Gasteiger partial charge in [-0.1, -0.05) is 94.4 Å².